The van der Waals surface area contributed by atoms with Gasteiger partial charge in [-0.25, -0.2) is 4.39 Å². The van der Waals surface area contributed by atoms with Crippen LogP contribution in [-0.4, -0.2) is 21.9 Å². The molecule has 0 saturated heterocycles. The topological polar surface area (TPSA) is 106 Å². The number of hydrogen-bond donors (Lipinski definition) is 3. The van der Waals surface area contributed by atoms with E-state index >= 15 is 0 Å². The molecule has 3 rings (SSSR count). The smallest absolute Gasteiger partial charge is 0.267 e. The summed E-state index contributed by atoms with van der Waals surface area (Å²) in [6.07, 6.45) is 1.51. The van der Waals surface area contributed by atoms with Crippen LogP contribution in [0.5, 0.6) is 11.5 Å². The van der Waals surface area contributed by atoms with Gasteiger partial charge in [0.1, 0.15) is 23.0 Å². The van der Waals surface area contributed by atoms with Crippen LogP contribution in [-0.2, 0) is 11.2 Å². The molecule has 0 aliphatic carbocycles. The lowest BCUT2D eigenvalue weighted by Crippen LogP contribution is -2.35. The number of rotatable bonds is 6. The highest BCUT2D eigenvalue weighted by atomic mass is 32.1. The van der Waals surface area contributed by atoms with Crippen LogP contribution in [0, 0.1) is 5.82 Å². The Hall–Kier alpha value is -3.85. The van der Waals surface area contributed by atoms with Crippen molar-refractivity contribution in [2.75, 3.05) is 5.32 Å². The van der Waals surface area contributed by atoms with Gasteiger partial charge < -0.3 is 21.1 Å². The first-order chi connectivity index (χ1) is 14.4. The summed E-state index contributed by atoms with van der Waals surface area (Å²) in [5, 5.41) is 5.60. The van der Waals surface area contributed by atoms with Crippen molar-refractivity contribution in [1.29, 1.82) is 0 Å². The van der Waals surface area contributed by atoms with Crippen molar-refractivity contribution in [1.82, 2.24) is 10.3 Å². The summed E-state index contributed by atoms with van der Waals surface area (Å²) in [6.45, 7) is 0. The molecule has 2 aromatic carbocycles. The Morgan fingerprint density at radius 3 is 2.40 bits per heavy atom. The number of carbonyl (C=O) groups excluding carboxylic acids is 2. The van der Waals surface area contributed by atoms with Crippen molar-refractivity contribution in [3.05, 3.63) is 83.9 Å². The van der Waals surface area contributed by atoms with Crippen molar-refractivity contribution < 1.29 is 18.7 Å². The minimum absolute atomic E-state index is 0.0775. The first-order valence-electron chi connectivity index (χ1n) is 8.78. The maximum absolute atomic E-state index is 12.9. The SMILES string of the molecule is NC(=O)c1cc(Oc2ccc(NC(=S)NC(=O)Cc3ccc(F)cc3)cc2)ccn1. The van der Waals surface area contributed by atoms with Gasteiger partial charge in [-0.15, -0.1) is 0 Å². The molecule has 0 unspecified atom stereocenters. The fourth-order valence-electron chi connectivity index (χ4n) is 2.47. The Morgan fingerprint density at radius 1 is 1.03 bits per heavy atom. The normalized spacial score (nSPS) is 10.2. The molecule has 0 aliphatic heterocycles. The number of nitrogens with two attached hydrogens (primary N) is 1. The third-order valence-corrected chi connectivity index (χ3v) is 4.07. The van der Waals surface area contributed by atoms with Gasteiger partial charge in [0.15, 0.2) is 5.11 Å². The number of primary amides is 1. The first kappa shape index (κ1) is 20.9. The molecule has 152 valence electrons. The van der Waals surface area contributed by atoms with Crippen LogP contribution in [0.4, 0.5) is 10.1 Å². The van der Waals surface area contributed by atoms with Gasteiger partial charge in [-0.2, -0.15) is 0 Å². The van der Waals surface area contributed by atoms with E-state index < -0.39 is 5.91 Å². The van der Waals surface area contributed by atoms with Crippen LogP contribution in [0.25, 0.3) is 0 Å². The van der Waals surface area contributed by atoms with Crippen LogP contribution >= 0.6 is 12.2 Å². The number of nitrogens with one attached hydrogen (secondary N) is 2. The number of aromatic nitrogens is 1. The molecule has 0 aliphatic rings. The van der Waals surface area contributed by atoms with Crippen LogP contribution in [0.3, 0.4) is 0 Å². The average Bonchev–Trinajstić information content (AvgIpc) is 2.71. The van der Waals surface area contributed by atoms with Crippen LogP contribution in [0.2, 0.25) is 0 Å². The molecule has 1 aromatic heterocycles. The number of nitrogens with zero attached hydrogens (tertiary/aromatic N) is 1. The van der Waals surface area contributed by atoms with E-state index in [4.69, 9.17) is 22.7 Å². The van der Waals surface area contributed by atoms with E-state index in [1.54, 1.807) is 42.5 Å². The van der Waals surface area contributed by atoms with E-state index in [1.807, 2.05) is 0 Å². The number of anilines is 1. The lowest BCUT2D eigenvalue weighted by atomic mass is 10.1. The van der Waals surface area contributed by atoms with E-state index in [-0.39, 0.29) is 29.0 Å². The van der Waals surface area contributed by atoms with Crippen molar-refractivity contribution in [2.45, 2.75) is 6.42 Å². The number of ether oxygens (including phenoxy) is 1. The summed E-state index contributed by atoms with van der Waals surface area (Å²) in [5.41, 5.74) is 6.62. The second-order valence-electron chi connectivity index (χ2n) is 6.17. The standard InChI is InChI=1S/C21H17FN4O3S/c22-14-3-1-13(2-4-14)11-19(27)26-21(30)25-15-5-7-16(8-6-15)29-17-9-10-24-18(12-17)20(23)28/h1-10,12H,11H2,(H2,23,28)(H2,25,26,27,30). The number of benzene rings is 2. The summed E-state index contributed by atoms with van der Waals surface area (Å²) in [4.78, 5) is 27.1. The van der Waals surface area contributed by atoms with Crippen LogP contribution < -0.4 is 21.1 Å². The lowest BCUT2D eigenvalue weighted by molar-refractivity contribution is -0.119. The van der Waals surface area contributed by atoms with Gasteiger partial charge in [-0.1, -0.05) is 12.1 Å². The van der Waals surface area contributed by atoms with Gasteiger partial charge in [0.25, 0.3) is 5.91 Å². The minimum atomic E-state index is -0.644. The predicted molar refractivity (Wildman–Crippen MR) is 114 cm³/mol. The highest BCUT2D eigenvalue weighted by Gasteiger charge is 2.08. The summed E-state index contributed by atoms with van der Waals surface area (Å²) in [7, 11) is 0. The Labute approximate surface area is 177 Å². The van der Waals surface area contributed by atoms with E-state index in [1.165, 1.54) is 24.4 Å². The molecule has 30 heavy (non-hydrogen) atoms. The molecule has 0 spiro atoms. The van der Waals surface area contributed by atoms with Crippen LogP contribution in [0.1, 0.15) is 16.1 Å². The summed E-state index contributed by atoms with van der Waals surface area (Å²) >= 11 is 5.14. The number of halogens is 1. The fourth-order valence-corrected chi connectivity index (χ4v) is 2.70. The number of amides is 2. The Kier molecular flexibility index (Phi) is 6.66. The number of hydrogen-bond acceptors (Lipinski definition) is 5. The first-order valence-corrected chi connectivity index (χ1v) is 9.19. The highest BCUT2D eigenvalue weighted by Crippen LogP contribution is 2.23. The van der Waals surface area contributed by atoms with E-state index in [2.05, 4.69) is 15.6 Å². The molecule has 7 nitrogen and oxygen atoms in total. The van der Waals surface area contributed by atoms with Crippen molar-refractivity contribution in [3.63, 3.8) is 0 Å². The predicted octanol–water partition coefficient (Wildman–Crippen LogP) is 3.17. The molecule has 0 radical (unpaired) electrons. The maximum atomic E-state index is 12.9. The summed E-state index contributed by atoms with van der Waals surface area (Å²) in [6, 6.07) is 15.5. The molecule has 1 heterocycles. The molecule has 0 saturated carbocycles. The molecular formula is C21H17FN4O3S. The lowest BCUT2D eigenvalue weighted by Gasteiger charge is -2.11. The molecule has 2 amide bonds. The van der Waals surface area contributed by atoms with Gasteiger partial charge in [-0.3, -0.25) is 14.6 Å². The van der Waals surface area contributed by atoms with Gasteiger partial charge in [0, 0.05) is 18.0 Å². The summed E-state index contributed by atoms with van der Waals surface area (Å²) < 4.78 is 18.6. The second kappa shape index (κ2) is 9.57. The Bertz CT molecular complexity index is 1070. The molecule has 0 atom stereocenters. The molecule has 3 aromatic rings. The molecule has 0 fully saturated rings. The third-order valence-electron chi connectivity index (χ3n) is 3.86. The van der Waals surface area contributed by atoms with E-state index in [9.17, 15) is 14.0 Å². The number of carbonyl (C=O) groups is 2. The number of pyridine rings is 1. The third kappa shape index (κ3) is 6.08. The second-order valence-corrected chi connectivity index (χ2v) is 6.58. The van der Waals surface area contributed by atoms with Gasteiger partial charge in [-0.05, 0) is 60.2 Å². The van der Waals surface area contributed by atoms with E-state index in [0.717, 1.165) is 0 Å². The van der Waals surface area contributed by atoms with Crippen molar-refractivity contribution >= 4 is 34.8 Å². The summed E-state index contributed by atoms with van der Waals surface area (Å²) in [5.74, 6) is -0.380. The molecule has 0 bridgehead atoms. The van der Waals surface area contributed by atoms with Crippen molar-refractivity contribution in [3.8, 4) is 11.5 Å². The molecular weight excluding hydrogens is 407 g/mol. The van der Waals surface area contributed by atoms with Gasteiger partial charge in [0.05, 0.1) is 6.42 Å². The minimum Gasteiger partial charge on any atom is -0.457 e. The van der Waals surface area contributed by atoms with E-state index in [0.29, 0.717) is 22.7 Å². The zero-order valence-electron chi connectivity index (χ0n) is 15.6. The molecule has 9 heteroatoms. The molecule has 4 N–H and O–H groups in total. The van der Waals surface area contributed by atoms with Gasteiger partial charge in [0.2, 0.25) is 5.91 Å². The number of thiocarbonyl (C=S) groups is 1. The van der Waals surface area contributed by atoms with Crippen LogP contribution in [0.15, 0.2) is 66.9 Å². The largest absolute Gasteiger partial charge is 0.457 e. The fraction of sp³-hybridized carbons (Fsp3) is 0.0476. The van der Waals surface area contributed by atoms with Gasteiger partial charge >= 0.3 is 0 Å². The maximum Gasteiger partial charge on any atom is 0.267 e. The quantitative estimate of drug-likeness (QED) is 0.525. The zero-order valence-corrected chi connectivity index (χ0v) is 16.4. The average molecular weight is 424 g/mol. The van der Waals surface area contributed by atoms with Crippen molar-refractivity contribution in [2.24, 2.45) is 5.73 Å². The highest BCUT2D eigenvalue weighted by molar-refractivity contribution is 7.80. The Morgan fingerprint density at radius 2 is 1.73 bits per heavy atom. The zero-order chi connectivity index (χ0) is 21.5. The Balaban J connectivity index is 1.52. The monoisotopic (exact) mass is 424 g/mol.